The highest BCUT2D eigenvalue weighted by Gasteiger charge is 2.20. The maximum absolute atomic E-state index is 12.8. The fourth-order valence-corrected chi connectivity index (χ4v) is 2.80. The minimum absolute atomic E-state index is 0.0735. The number of carbonyl (C=O) groups excluding carboxylic acids is 1. The van der Waals surface area contributed by atoms with Gasteiger partial charge in [0.2, 0.25) is 0 Å². The molecule has 0 radical (unpaired) electrons. The van der Waals surface area contributed by atoms with Gasteiger partial charge in [0.15, 0.2) is 5.78 Å². The molecule has 0 unspecified atom stereocenters. The van der Waals surface area contributed by atoms with Gasteiger partial charge < -0.3 is 14.8 Å². The van der Waals surface area contributed by atoms with Crippen LogP contribution in [-0.4, -0.2) is 33.1 Å². The fourth-order valence-electron chi connectivity index (χ4n) is 2.80. The first-order valence-electron chi connectivity index (χ1n) is 8.14. The van der Waals surface area contributed by atoms with Crippen molar-refractivity contribution >= 4 is 17.9 Å². The lowest BCUT2D eigenvalue weighted by Gasteiger charge is -2.18. The van der Waals surface area contributed by atoms with Crippen molar-refractivity contribution in [1.29, 1.82) is 0 Å². The Balaban J connectivity index is 1.87. The van der Waals surface area contributed by atoms with E-state index in [1.54, 1.807) is 14.2 Å². The molecule has 25 heavy (non-hydrogen) atoms. The highest BCUT2D eigenvalue weighted by molar-refractivity contribution is 6.14. The van der Waals surface area contributed by atoms with E-state index in [9.17, 15) is 4.79 Å². The number of benzene rings is 2. The van der Waals surface area contributed by atoms with Crippen LogP contribution in [0.5, 0.6) is 11.5 Å². The van der Waals surface area contributed by atoms with E-state index in [0.717, 1.165) is 33.8 Å². The molecule has 0 atom stereocenters. The van der Waals surface area contributed by atoms with E-state index >= 15 is 0 Å². The summed E-state index contributed by atoms with van der Waals surface area (Å²) in [5, 5.41) is 3.29. The van der Waals surface area contributed by atoms with Crippen LogP contribution in [0.2, 0.25) is 0 Å². The molecule has 0 saturated carbocycles. The maximum atomic E-state index is 12.8. The van der Waals surface area contributed by atoms with Gasteiger partial charge in [0, 0.05) is 24.2 Å². The Morgan fingerprint density at radius 3 is 1.76 bits per heavy atom. The molecule has 2 aromatic carbocycles. The summed E-state index contributed by atoms with van der Waals surface area (Å²) < 4.78 is 10.5. The molecule has 3 rings (SSSR count). The Hall–Kier alpha value is -2.85. The van der Waals surface area contributed by atoms with Gasteiger partial charge in [0.05, 0.1) is 14.2 Å². The van der Waals surface area contributed by atoms with Crippen LogP contribution >= 0.6 is 0 Å². The molecule has 1 fully saturated rings. The average Bonchev–Trinajstić information content (AvgIpc) is 2.65. The van der Waals surface area contributed by atoms with E-state index in [0.29, 0.717) is 13.1 Å². The van der Waals surface area contributed by atoms with Crippen LogP contribution in [0.1, 0.15) is 11.1 Å². The number of hydrogen-bond donors (Lipinski definition) is 1. The lowest BCUT2D eigenvalue weighted by atomic mass is 9.95. The normalized spacial score (nSPS) is 17.8. The summed E-state index contributed by atoms with van der Waals surface area (Å²) >= 11 is 0. The molecule has 1 saturated heterocycles. The molecule has 0 bridgehead atoms. The van der Waals surface area contributed by atoms with E-state index in [2.05, 4.69) is 5.32 Å². The number of nitrogens with one attached hydrogen (secondary N) is 1. The Morgan fingerprint density at radius 2 is 1.32 bits per heavy atom. The molecule has 0 spiro atoms. The van der Waals surface area contributed by atoms with E-state index in [1.165, 1.54) is 0 Å². The van der Waals surface area contributed by atoms with Crippen LogP contribution in [0.15, 0.2) is 59.7 Å². The lowest BCUT2D eigenvalue weighted by molar-refractivity contribution is -0.112. The van der Waals surface area contributed by atoms with Crippen LogP contribution in [-0.2, 0) is 4.79 Å². The van der Waals surface area contributed by atoms with Crippen molar-refractivity contribution < 1.29 is 14.3 Å². The predicted molar refractivity (Wildman–Crippen MR) is 99.8 cm³/mol. The van der Waals surface area contributed by atoms with Crippen molar-refractivity contribution in [3.8, 4) is 11.5 Å². The number of ether oxygens (including phenoxy) is 2. The Kier molecular flexibility index (Phi) is 5.31. The summed E-state index contributed by atoms with van der Waals surface area (Å²) in [6, 6.07) is 15.4. The molecule has 1 N–H and O–H groups in total. The molecular weight excluding hydrogens is 314 g/mol. The van der Waals surface area contributed by atoms with Gasteiger partial charge in [-0.2, -0.15) is 0 Å². The van der Waals surface area contributed by atoms with Gasteiger partial charge in [-0.1, -0.05) is 24.3 Å². The van der Waals surface area contributed by atoms with Crippen LogP contribution < -0.4 is 14.8 Å². The molecular formula is C21H21NO3. The molecule has 128 valence electrons. The van der Waals surface area contributed by atoms with Gasteiger partial charge in [-0.25, -0.2) is 0 Å². The third-order valence-electron chi connectivity index (χ3n) is 4.08. The first kappa shape index (κ1) is 17.0. The molecule has 2 aromatic rings. The van der Waals surface area contributed by atoms with Gasteiger partial charge in [-0.15, -0.1) is 0 Å². The predicted octanol–water partition coefficient (Wildman–Crippen LogP) is 3.34. The largest absolute Gasteiger partial charge is 0.497 e. The van der Waals surface area contributed by atoms with E-state index < -0.39 is 0 Å². The molecule has 1 aliphatic rings. The lowest BCUT2D eigenvalue weighted by Crippen LogP contribution is -2.32. The van der Waals surface area contributed by atoms with Crippen molar-refractivity contribution in [3.05, 3.63) is 70.8 Å². The monoisotopic (exact) mass is 335 g/mol. The van der Waals surface area contributed by atoms with Crippen LogP contribution in [0.4, 0.5) is 0 Å². The van der Waals surface area contributed by atoms with E-state index in [1.807, 2.05) is 60.7 Å². The second-order valence-electron chi connectivity index (χ2n) is 5.83. The molecule has 1 heterocycles. The van der Waals surface area contributed by atoms with Crippen LogP contribution in [0.3, 0.4) is 0 Å². The Labute approximate surface area is 147 Å². The summed E-state index contributed by atoms with van der Waals surface area (Å²) in [7, 11) is 3.27. The quantitative estimate of drug-likeness (QED) is 0.871. The zero-order valence-corrected chi connectivity index (χ0v) is 14.4. The third-order valence-corrected chi connectivity index (χ3v) is 4.08. The summed E-state index contributed by atoms with van der Waals surface area (Å²) in [4.78, 5) is 12.8. The summed E-state index contributed by atoms with van der Waals surface area (Å²) in [6.45, 7) is 1.12. The maximum Gasteiger partial charge on any atom is 0.187 e. The molecule has 4 nitrogen and oxygen atoms in total. The van der Waals surface area contributed by atoms with Gasteiger partial charge in [0.1, 0.15) is 11.5 Å². The number of methoxy groups -OCH3 is 2. The molecule has 0 aliphatic carbocycles. The van der Waals surface area contributed by atoms with Crippen molar-refractivity contribution in [2.24, 2.45) is 0 Å². The number of piperidine rings is 1. The minimum Gasteiger partial charge on any atom is -0.497 e. The number of rotatable bonds is 4. The summed E-state index contributed by atoms with van der Waals surface area (Å²) in [5.41, 5.74) is 3.39. The van der Waals surface area contributed by atoms with Crippen LogP contribution in [0, 0.1) is 0 Å². The smallest absolute Gasteiger partial charge is 0.187 e. The topological polar surface area (TPSA) is 47.6 Å². The van der Waals surface area contributed by atoms with E-state index in [4.69, 9.17) is 9.47 Å². The summed E-state index contributed by atoms with van der Waals surface area (Å²) in [6.07, 6.45) is 3.83. The van der Waals surface area contributed by atoms with Gasteiger partial charge in [-0.05, 0) is 47.5 Å². The minimum atomic E-state index is 0.0735. The van der Waals surface area contributed by atoms with Crippen molar-refractivity contribution in [2.75, 3.05) is 27.3 Å². The second-order valence-corrected chi connectivity index (χ2v) is 5.83. The number of Topliss-reactive ketones (excluding diaryl/α,β-unsaturated/α-hetero) is 1. The van der Waals surface area contributed by atoms with Crippen molar-refractivity contribution in [3.63, 3.8) is 0 Å². The Morgan fingerprint density at radius 1 is 0.840 bits per heavy atom. The van der Waals surface area contributed by atoms with Crippen molar-refractivity contribution in [1.82, 2.24) is 5.32 Å². The standard InChI is InChI=1S/C21H21NO3/c1-24-19-7-3-5-15(11-19)9-17-13-22-14-18(21(17)23)10-16-6-4-8-20(12-16)25-2/h3-12,22H,13-14H2,1-2H3/b17-9+,18-10+. The third kappa shape index (κ3) is 4.17. The van der Waals surface area contributed by atoms with E-state index in [-0.39, 0.29) is 5.78 Å². The zero-order valence-electron chi connectivity index (χ0n) is 14.4. The second kappa shape index (κ2) is 7.81. The average molecular weight is 335 g/mol. The Bertz CT molecular complexity index is 769. The molecule has 0 aromatic heterocycles. The van der Waals surface area contributed by atoms with Crippen LogP contribution in [0.25, 0.3) is 12.2 Å². The highest BCUT2D eigenvalue weighted by atomic mass is 16.5. The molecule has 1 aliphatic heterocycles. The number of hydrogen-bond acceptors (Lipinski definition) is 4. The number of carbonyl (C=O) groups is 1. The van der Waals surface area contributed by atoms with Crippen molar-refractivity contribution in [2.45, 2.75) is 0 Å². The van der Waals surface area contributed by atoms with Gasteiger partial charge in [-0.3, -0.25) is 4.79 Å². The van der Waals surface area contributed by atoms with Gasteiger partial charge in [0.25, 0.3) is 0 Å². The first-order valence-corrected chi connectivity index (χ1v) is 8.14. The SMILES string of the molecule is COc1cccc(/C=C2\CNC/C(=C\c3cccc(OC)c3)C2=O)c1. The fraction of sp³-hybridized carbons (Fsp3) is 0.190. The first-order chi connectivity index (χ1) is 12.2. The zero-order chi connectivity index (χ0) is 17.6. The number of ketones is 1. The highest BCUT2D eigenvalue weighted by Crippen LogP contribution is 2.21. The van der Waals surface area contributed by atoms with Gasteiger partial charge >= 0.3 is 0 Å². The summed E-state index contributed by atoms with van der Waals surface area (Å²) in [5.74, 6) is 1.62. The molecule has 4 heteroatoms. The molecule has 0 amide bonds.